The highest BCUT2D eigenvalue weighted by molar-refractivity contribution is 7.89. The summed E-state index contributed by atoms with van der Waals surface area (Å²) in [5.74, 6) is 0. The first-order valence-electron chi connectivity index (χ1n) is 4.54. The Morgan fingerprint density at radius 1 is 1.00 bits per heavy atom. The molecule has 0 aromatic heterocycles. The van der Waals surface area contributed by atoms with Gasteiger partial charge >= 0.3 is 0 Å². The number of nitrogens with two attached hydrogens (primary N) is 1. The van der Waals surface area contributed by atoms with Gasteiger partial charge in [0.05, 0.1) is 4.90 Å². The highest BCUT2D eigenvalue weighted by Crippen LogP contribution is 2.19. The monoisotopic (exact) mass is 235 g/mol. The van der Waals surface area contributed by atoms with Crippen molar-refractivity contribution in [1.82, 2.24) is 0 Å². The lowest BCUT2D eigenvalue weighted by Crippen LogP contribution is -2.12. The molecular weight excluding hydrogens is 226 g/mol. The molecule has 0 spiro atoms. The predicted molar refractivity (Wildman–Crippen MR) is 61.6 cm³/mol. The van der Waals surface area contributed by atoms with E-state index in [0.717, 1.165) is 0 Å². The average Bonchev–Trinajstić information content (AvgIpc) is 2.35. The lowest BCUT2D eigenvalue weighted by atomic mass is 10.2. The number of rotatable bonds is 1. The fourth-order valence-electron chi connectivity index (χ4n) is 1.55. The topological polar surface area (TPSA) is 77.2 Å². The highest BCUT2D eigenvalue weighted by atomic mass is 32.2. The summed E-state index contributed by atoms with van der Waals surface area (Å²) in [5, 5.41) is 6.10. The largest absolute Gasteiger partial charge is 0.290 e. The summed E-state index contributed by atoms with van der Waals surface area (Å²) in [6.07, 6.45) is 0. The van der Waals surface area contributed by atoms with Gasteiger partial charge in [-0.1, -0.05) is 24.3 Å². The minimum atomic E-state index is -3.77. The van der Waals surface area contributed by atoms with Crippen LogP contribution in [-0.4, -0.2) is 8.42 Å². The zero-order chi connectivity index (χ0) is 11.8. The molecule has 0 atom stereocenters. The van der Waals surface area contributed by atoms with Crippen LogP contribution in [-0.2, 0) is 10.0 Å². The summed E-state index contributed by atoms with van der Waals surface area (Å²) < 4.78 is 22.7. The Morgan fingerprint density at radius 2 is 1.69 bits per heavy atom. The van der Waals surface area contributed by atoms with Crippen LogP contribution in [0.4, 0.5) is 0 Å². The molecule has 82 valence electrons. The number of hydrogen-bond acceptors (Lipinski definition) is 3. The van der Waals surface area contributed by atoms with Crippen LogP contribution >= 0.6 is 0 Å². The van der Waals surface area contributed by atoms with Crippen LogP contribution in [0.5, 0.6) is 0 Å². The lowest BCUT2D eigenvalue weighted by molar-refractivity contribution is 0.598. The van der Waals surface area contributed by atoms with Crippen molar-refractivity contribution >= 4 is 20.8 Å². The number of sulfonamides is 1. The van der Waals surface area contributed by atoms with E-state index in [1.165, 1.54) is 24.3 Å². The van der Waals surface area contributed by atoms with Gasteiger partial charge in [0.1, 0.15) is 0 Å². The molecule has 2 N–H and O–H groups in total. The average molecular weight is 235 g/mol. The van der Waals surface area contributed by atoms with Crippen molar-refractivity contribution in [1.29, 1.82) is 0 Å². The van der Waals surface area contributed by atoms with Gasteiger partial charge < -0.3 is 0 Å². The van der Waals surface area contributed by atoms with Gasteiger partial charge in [-0.15, -0.1) is 0 Å². The maximum Gasteiger partial charge on any atom is 0.238 e. The summed E-state index contributed by atoms with van der Waals surface area (Å²) >= 11 is 0. The number of primary sulfonamides is 1. The van der Waals surface area contributed by atoms with Crippen LogP contribution < -0.4 is 10.6 Å². The van der Waals surface area contributed by atoms with Crippen molar-refractivity contribution in [2.24, 2.45) is 5.14 Å². The summed E-state index contributed by atoms with van der Waals surface area (Å²) in [4.78, 5) is 11.3. The maximum atomic E-state index is 11.3. The normalized spacial score (nSPS) is 11.6. The van der Waals surface area contributed by atoms with Crippen LogP contribution in [0, 0.1) is 0 Å². The third kappa shape index (κ3) is 1.95. The van der Waals surface area contributed by atoms with Gasteiger partial charge in [0.15, 0.2) is 5.43 Å². The van der Waals surface area contributed by atoms with Gasteiger partial charge in [-0.2, -0.15) is 0 Å². The molecule has 0 saturated carbocycles. The molecule has 0 fully saturated rings. The van der Waals surface area contributed by atoms with Crippen molar-refractivity contribution < 1.29 is 8.42 Å². The molecule has 0 aliphatic heterocycles. The van der Waals surface area contributed by atoms with E-state index in [2.05, 4.69) is 0 Å². The van der Waals surface area contributed by atoms with Gasteiger partial charge in [-0.25, -0.2) is 13.6 Å². The Morgan fingerprint density at radius 3 is 2.38 bits per heavy atom. The third-order valence-electron chi connectivity index (χ3n) is 2.23. The van der Waals surface area contributed by atoms with E-state index in [1.54, 1.807) is 18.2 Å². The molecule has 2 rings (SSSR count). The molecule has 0 aliphatic rings. The van der Waals surface area contributed by atoms with Gasteiger partial charge in [-0.05, 0) is 23.6 Å². The molecule has 16 heavy (non-hydrogen) atoms. The van der Waals surface area contributed by atoms with Crippen LogP contribution in [0.3, 0.4) is 0 Å². The molecule has 5 heteroatoms. The fraction of sp³-hybridized carbons (Fsp3) is 0. The second-order valence-electron chi connectivity index (χ2n) is 3.38. The maximum absolute atomic E-state index is 11.3. The SMILES string of the molecule is NS(=O)(=O)c1cccc2cc(=O)cccc12. The summed E-state index contributed by atoms with van der Waals surface area (Å²) in [5.41, 5.74) is -0.179. The highest BCUT2D eigenvalue weighted by Gasteiger charge is 2.10. The summed E-state index contributed by atoms with van der Waals surface area (Å²) in [6.45, 7) is 0. The van der Waals surface area contributed by atoms with Gasteiger partial charge in [-0.3, -0.25) is 4.79 Å². The second kappa shape index (κ2) is 3.70. The fourth-order valence-corrected chi connectivity index (χ4v) is 2.31. The Balaban J connectivity index is 3.02. The molecule has 0 aliphatic carbocycles. The number of fused-ring (bicyclic) bond motifs is 1. The van der Waals surface area contributed by atoms with Crippen molar-refractivity contribution in [2.45, 2.75) is 4.90 Å². The Hall–Kier alpha value is -1.72. The molecule has 0 bridgehead atoms. The Kier molecular flexibility index (Phi) is 2.49. The first kappa shape index (κ1) is 10.8. The quantitative estimate of drug-likeness (QED) is 0.795. The van der Waals surface area contributed by atoms with Crippen molar-refractivity contribution in [3.8, 4) is 0 Å². The van der Waals surface area contributed by atoms with Crippen LogP contribution in [0.25, 0.3) is 10.8 Å². The van der Waals surface area contributed by atoms with Gasteiger partial charge in [0, 0.05) is 5.39 Å². The molecule has 0 heterocycles. The van der Waals surface area contributed by atoms with Crippen LogP contribution in [0.1, 0.15) is 0 Å². The molecule has 0 radical (unpaired) electrons. The Labute approximate surface area is 92.4 Å². The van der Waals surface area contributed by atoms with Crippen LogP contribution in [0.15, 0.2) is 52.2 Å². The van der Waals surface area contributed by atoms with E-state index in [1.807, 2.05) is 0 Å². The molecule has 0 saturated heterocycles. The van der Waals surface area contributed by atoms with Crippen molar-refractivity contribution in [2.75, 3.05) is 0 Å². The zero-order valence-electron chi connectivity index (χ0n) is 8.25. The Bertz CT molecular complexity index is 708. The van der Waals surface area contributed by atoms with Gasteiger partial charge in [0.2, 0.25) is 10.0 Å². The first-order chi connectivity index (χ1) is 7.48. The van der Waals surface area contributed by atoms with E-state index >= 15 is 0 Å². The second-order valence-corrected chi connectivity index (χ2v) is 4.91. The van der Waals surface area contributed by atoms with E-state index in [-0.39, 0.29) is 10.3 Å². The minimum absolute atomic E-state index is 0.0283. The zero-order valence-corrected chi connectivity index (χ0v) is 9.07. The van der Waals surface area contributed by atoms with E-state index in [0.29, 0.717) is 10.8 Å². The van der Waals surface area contributed by atoms with E-state index < -0.39 is 10.0 Å². The number of hydrogen-bond donors (Lipinski definition) is 1. The van der Waals surface area contributed by atoms with Crippen molar-refractivity contribution in [3.63, 3.8) is 0 Å². The lowest BCUT2D eigenvalue weighted by Gasteiger charge is -2.00. The van der Waals surface area contributed by atoms with E-state index in [4.69, 9.17) is 5.14 Å². The minimum Gasteiger partial charge on any atom is -0.290 e. The first-order valence-corrected chi connectivity index (χ1v) is 6.09. The number of benzene rings is 1. The molecule has 2 aromatic rings. The van der Waals surface area contributed by atoms with E-state index in [9.17, 15) is 13.2 Å². The molecule has 4 nitrogen and oxygen atoms in total. The van der Waals surface area contributed by atoms with Crippen LogP contribution in [0.2, 0.25) is 0 Å². The predicted octanol–water partition coefficient (Wildman–Crippen LogP) is 0.847. The summed E-state index contributed by atoms with van der Waals surface area (Å²) in [7, 11) is -3.77. The molecule has 0 unspecified atom stereocenters. The molecular formula is C11H9NO3S. The molecule has 0 amide bonds. The standard InChI is InChI=1S/C11H9NO3S/c12-16(14,15)11-6-1-3-8-7-9(13)4-2-5-10(8)11/h1-7H,(H2,12,14,15). The van der Waals surface area contributed by atoms with Gasteiger partial charge in [0.25, 0.3) is 0 Å². The molecule has 2 aromatic carbocycles. The summed E-state index contributed by atoms with van der Waals surface area (Å²) in [6, 6.07) is 10.5. The third-order valence-corrected chi connectivity index (χ3v) is 3.20. The smallest absolute Gasteiger partial charge is 0.238 e. The van der Waals surface area contributed by atoms with Crippen molar-refractivity contribution in [3.05, 3.63) is 52.7 Å².